The number of para-hydroxylation sites is 1. The number of hydrogen-bond acceptors (Lipinski definition) is 6. The largest absolute Gasteiger partial charge is 0.368 e. The van der Waals surface area contributed by atoms with E-state index in [0.717, 1.165) is 44.2 Å². The van der Waals surface area contributed by atoms with Crippen molar-refractivity contribution < 1.29 is 0 Å². The third-order valence-electron chi connectivity index (χ3n) is 5.12. The van der Waals surface area contributed by atoms with E-state index in [1.807, 2.05) is 0 Å². The van der Waals surface area contributed by atoms with Gasteiger partial charge in [-0.25, -0.2) is 0 Å². The minimum absolute atomic E-state index is 0.705. The Morgan fingerprint density at radius 1 is 0.929 bits per heavy atom. The van der Waals surface area contributed by atoms with E-state index in [1.54, 1.807) is 6.20 Å². The molecule has 28 heavy (non-hydrogen) atoms. The number of aromatic nitrogens is 3. The molecule has 0 amide bonds. The van der Waals surface area contributed by atoms with Crippen LogP contribution in [0.15, 0.2) is 60.8 Å². The zero-order valence-corrected chi connectivity index (χ0v) is 16.5. The van der Waals surface area contributed by atoms with Crippen LogP contribution >= 0.6 is 0 Å². The first-order chi connectivity index (χ1) is 13.7. The van der Waals surface area contributed by atoms with E-state index in [-0.39, 0.29) is 0 Å². The van der Waals surface area contributed by atoms with Crippen LogP contribution in [0.3, 0.4) is 0 Å². The van der Waals surface area contributed by atoms with E-state index < -0.39 is 0 Å². The van der Waals surface area contributed by atoms with Gasteiger partial charge in [0, 0.05) is 44.1 Å². The zero-order chi connectivity index (χ0) is 19.3. The summed E-state index contributed by atoms with van der Waals surface area (Å²) >= 11 is 0. The van der Waals surface area contributed by atoms with Gasteiger partial charge in [0.1, 0.15) is 0 Å². The second-order valence-corrected chi connectivity index (χ2v) is 7.01. The number of benzene rings is 2. The van der Waals surface area contributed by atoms with Crippen molar-refractivity contribution in [2.75, 3.05) is 47.4 Å². The fourth-order valence-corrected chi connectivity index (χ4v) is 3.63. The molecule has 0 spiro atoms. The molecule has 2 aromatic carbocycles. The molecule has 0 radical (unpaired) electrons. The average molecular weight is 374 g/mol. The molecule has 6 nitrogen and oxygen atoms in total. The van der Waals surface area contributed by atoms with Gasteiger partial charge in [-0.15, -0.1) is 5.10 Å². The van der Waals surface area contributed by atoms with Crippen molar-refractivity contribution in [3.8, 4) is 0 Å². The van der Waals surface area contributed by atoms with Crippen molar-refractivity contribution in [3.05, 3.63) is 66.4 Å². The Morgan fingerprint density at radius 2 is 1.68 bits per heavy atom. The highest BCUT2D eigenvalue weighted by molar-refractivity contribution is 5.61. The highest BCUT2D eigenvalue weighted by atomic mass is 15.4. The summed E-state index contributed by atoms with van der Waals surface area (Å²) in [6, 6.07) is 19.0. The van der Waals surface area contributed by atoms with Crippen molar-refractivity contribution in [1.82, 2.24) is 15.2 Å². The number of nitrogens with zero attached hydrogens (tertiary/aromatic N) is 6. The second kappa shape index (κ2) is 8.25. The highest BCUT2D eigenvalue weighted by Gasteiger charge is 2.20. The van der Waals surface area contributed by atoms with Crippen LogP contribution in [0.1, 0.15) is 12.5 Å². The Morgan fingerprint density at radius 3 is 2.39 bits per heavy atom. The van der Waals surface area contributed by atoms with Gasteiger partial charge in [-0.1, -0.05) is 30.3 Å². The predicted molar refractivity (Wildman–Crippen MR) is 115 cm³/mol. The van der Waals surface area contributed by atoms with Gasteiger partial charge in [-0.3, -0.25) is 0 Å². The lowest BCUT2D eigenvalue weighted by Gasteiger charge is -2.36. The van der Waals surface area contributed by atoms with Gasteiger partial charge in [0.15, 0.2) is 5.82 Å². The lowest BCUT2D eigenvalue weighted by Crippen LogP contribution is -2.47. The monoisotopic (exact) mass is 374 g/mol. The van der Waals surface area contributed by atoms with Crippen molar-refractivity contribution >= 4 is 23.1 Å². The molecule has 6 heteroatoms. The number of anilines is 4. The van der Waals surface area contributed by atoms with E-state index in [9.17, 15) is 0 Å². The first kappa shape index (κ1) is 18.2. The molecule has 1 fully saturated rings. The number of rotatable bonds is 5. The minimum atomic E-state index is 0.705. The predicted octanol–water partition coefficient (Wildman–Crippen LogP) is 3.66. The van der Waals surface area contributed by atoms with Crippen molar-refractivity contribution in [2.45, 2.75) is 13.8 Å². The Labute approximate surface area is 166 Å². The Hall–Kier alpha value is -3.15. The van der Waals surface area contributed by atoms with E-state index >= 15 is 0 Å². The van der Waals surface area contributed by atoms with Gasteiger partial charge in [0.2, 0.25) is 5.95 Å². The molecule has 0 N–H and O–H groups in total. The fourth-order valence-electron chi connectivity index (χ4n) is 3.63. The summed E-state index contributed by atoms with van der Waals surface area (Å²) in [7, 11) is 0. The minimum Gasteiger partial charge on any atom is -0.368 e. The molecular formula is C22H26N6. The third kappa shape index (κ3) is 3.91. The second-order valence-electron chi connectivity index (χ2n) is 7.01. The quantitative estimate of drug-likeness (QED) is 0.679. The van der Waals surface area contributed by atoms with Crippen molar-refractivity contribution in [3.63, 3.8) is 0 Å². The summed E-state index contributed by atoms with van der Waals surface area (Å²) < 4.78 is 0. The van der Waals surface area contributed by atoms with Crippen molar-refractivity contribution in [2.24, 2.45) is 0 Å². The van der Waals surface area contributed by atoms with Crippen LogP contribution in [0.2, 0.25) is 0 Å². The summed E-state index contributed by atoms with van der Waals surface area (Å²) in [5, 5.41) is 8.55. The molecule has 1 aromatic heterocycles. The van der Waals surface area contributed by atoms with E-state index in [4.69, 9.17) is 4.98 Å². The first-order valence-corrected chi connectivity index (χ1v) is 9.83. The van der Waals surface area contributed by atoms with Crippen LogP contribution in [-0.4, -0.2) is 47.9 Å². The lowest BCUT2D eigenvalue weighted by molar-refractivity contribution is 0.634. The third-order valence-corrected chi connectivity index (χ3v) is 5.12. The van der Waals surface area contributed by atoms with Crippen LogP contribution in [0.4, 0.5) is 23.1 Å². The molecular weight excluding hydrogens is 348 g/mol. The summed E-state index contributed by atoms with van der Waals surface area (Å²) in [5.41, 5.74) is 3.63. The van der Waals surface area contributed by atoms with Crippen LogP contribution in [0.5, 0.6) is 0 Å². The highest BCUT2D eigenvalue weighted by Crippen LogP contribution is 2.25. The van der Waals surface area contributed by atoms with Gasteiger partial charge in [-0.2, -0.15) is 10.1 Å². The van der Waals surface area contributed by atoms with Crippen LogP contribution in [-0.2, 0) is 0 Å². The van der Waals surface area contributed by atoms with Crippen LogP contribution in [0, 0.1) is 6.92 Å². The maximum Gasteiger partial charge on any atom is 0.247 e. The van der Waals surface area contributed by atoms with Crippen molar-refractivity contribution in [1.29, 1.82) is 0 Å². The molecule has 1 aliphatic heterocycles. The topological polar surface area (TPSA) is 48.4 Å². The van der Waals surface area contributed by atoms with Gasteiger partial charge in [0.25, 0.3) is 0 Å². The Balaban J connectivity index is 1.50. The molecule has 0 atom stereocenters. The summed E-state index contributed by atoms with van der Waals surface area (Å²) in [4.78, 5) is 11.6. The lowest BCUT2D eigenvalue weighted by atomic mass is 10.2. The first-order valence-electron chi connectivity index (χ1n) is 9.83. The molecule has 4 rings (SSSR count). The molecule has 0 saturated carbocycles. The molecule has 1 aliphatic rings. The van der Waals surface area contributed by atoms with E-state index in [2.05, 4.69) is 93.3 Å². The fraction of sp³-hybridized carbons (Fsp3) is 0.318. The zero-order valence-electron chi connectivity index (χ0n) is 16.5. The smallest absolute Gasteiger partial charge is 0.247 e. The van der Waals surface area contributed by atoms with E-state index in [0.29, 0.717) is 5.95 Å². The summed E-state index contributed by atoms with van der Waals surface area (Å²) in [5.74, 6) is 1.54. The summed E-state index contributed by atoms with van der Waals surface area (Å²) in [6.07, 6.45) is 1.75. The molecule has 1 saturated heterocycles. The summed E-state index contributed by atoms with van der Waals surface area (Å²) in [6.45, 7) is 8.73. The van der Waals surface area contributed by atoms with Gasteiger partial charge >= 0.3 is 0 Å². The Bertz CT molecular complexity index is 906. The molecule has 3 aromatic rings. The van der Waals surface area contributed by atoms with Gasteiger partial charge in [0.05, 0.1) is 6.20 Å². The standard InChI is InChI=1S/C22H26N6/c1-3-28(20-11-7-8-18(2)16-20)21-17-23-25-22(24-21)27-14-12-26(13-15-27)19-9-5-4-6-10-19/h4-11,16-17H,3,12-15H2,1-2H3. The molecule has 2 heterocycles. The average Bonchev–Trinajstić information content (AvgIpc) is 2.75. The SMILES string of the molecule is CCN(c1cccc(C)c1)c1cnnc(N2CCN(c3ccccc3)CC2)n1. The van der Waals surface area contributed by atoms with Crippen LogP contribution in [0.25, 0.3) is 0 Å². The molecule has 0 unspecified atom stereocenters. The number of hydrogen-bond donors (Lipinski definition) is 0. The van der Waals surface area contributed by atoms with Crippen LogP contribution < -0.4 is 14.7 Å². The van der Waals surface area contributed by atoms with Gasteiger partial charge in [-0.05, 0) is 43.7 Å². The molecule has 0 aliphatic carbocycles. The maximum atomic E-state index is 4.83. The van der Waals surface area contributed by atoms with Gasteiger partial charge < -0.3 is 14.7 Å². The Kier molecular flexibility index (Phi) is 5.37. The normalized spacial score (nSPS) is 14.2. The molecule has 144 valence electrons. The van der Waals surface area contributed by atoms with E-state index in [1.165, 1.54) is 11.3 Å². The number of aryl methyl sites for hydroxylation is 1. The molecule has 0 bridgehead atoms. The number of piperazine rings is 1. The maximum absolute atomic E-state index is 4.83.